The number of ether oxygens (including phenoxy) is 1. The normalized spacial score (nSPS) is 12.6. The minimum absolute atomic E-state index is 0.226. The highest BCUT2D eigenvalue weighted by Gasteiger charge is 2.28. The van der Waals surface area contributed by atoms with Gasteiger partial charge in [0, 0.05) is 16.7 Å². The lowest BCUT2D eigenvalue weighted by Crippen LogP contribution is -2.42. The maximum atomic E-state index is 13.6. The molecule has 0 saturated carbocycles. The highest BCUT2D eigenvalue weighted by molar-refractivity contribution is 6.07. The van der Waals surface area contributed by atoms with Crippen LogP contribution in [-0.2, 0) is 4.79 Å². The zero-order chi connectivity index (χ0) is 28.5. The number of carbonyl (C=O) groups excluding carboxylic acids is 2. The molecule has 1 aliphatic rings. The Kier molecular flexibility index (Phi) is 6.81. The first-order valence-corrected chi connectivity index (χ1v) is 12.7. The molecule has 5 nitrogen and oxygen atoms in total. The lowest BCUT2D eigenvalue weighted by molar-refractivity contribution is -0.121. The van der Waals surface area contributed by atoms with Crippen LogP contribution < -0.4 is 9.64 Å². The first kappa shape index (κ1) is 26.0. The van der Waals surface area contributed by atoms with Crippen LogP contribution in [0.25, 0.3) is 33.6 Å². The number of aromatic nitrogens is 1. The molecule has 1 aliphatic heterocycles. The summed E-state index contributed by atoms with van der Waals surface area (Å²) in [5.41, 5.74) is 4.59. The van der Waals surface area contributed by atoms with Gasteiger partial charge in [0.15, 0.2) is 12.4 Å². The van der Waals surface area contributed by atoms with Gasteiger partial charge in [-0.1, -0.05) is 12.1 Å². The van der Waals surface area contributed by atoms with Gasteiger partial charge in [-0.05, 0) is 102 Å². The van der Waals surface area contributed by atoms with Crippen molar-refractivity contribution in [1.82, 2.24) is 4.98 Å². The molecule has 0 fully saturated rings. The van der Waals surface area contributed by atoms with Crippen molar-refractivity contribution in [3.63, 3.8) is 0 Å². The van der Waals surface area contributed by atoms with Gasteiger partial charge in [-0.3, -0.25) is 14.5 Å². The van der Waals surface area contributed by atoms with E-state index in [1.807, 2.05) is 12.1 Å². The van der Waals surface area contributed by atoms with E-state index in [0.29, 0.717) is 34.0 Å². The van der Waals surface area contributed by atoms with Crippen molar-refractivity contribution in [2.75, 3.05) is 18.1 Å². The first-order chi connectivity index (χ1) is 19.8. The Labute approximate surface area is 233 Å². The predicted octanol–water partition coefficient (Wildman–Crippen LogP) is 7.11. The van der Waals surface area contributed by atoms with Gasteiger partial charge in [-0.25, -0.2) is 18.2 Å². The molecule has 202 valence electrons. The number of rotatable bonds is 6. The second-order valence-electron chi connectivity index (χ2n) is 9.52. The average Bonchev–Trinajstić information content (AvgIpc) is 2.99. The largest absolute Gasteiger partial charge is 0.482 e. The number of carbonyl (C=O) groups is 2. The maximum absolute atomic E-state index is 13.6. The molecule has 0 unspecified atom stereocenters. The molecule has 0 N–H and O–H groups in total. The van der Waals surface area contributed by atoms with E-state index in [4.69, 9.17) is 9.72 Å². The molecular formula is C33H21F3N2O3. The third kappa shape index (κ3) is 5.45. The Morgan fingerprint density at radius 3 is 1.85 bits per heavy atom. The van der Waals surface area contributed by atoms with Crippen LogP contribution in [0.1, 0.15) is 10.4 Å². The summed E-state index contributed by atoms with van der Waals surface area (Å²) in [5.74, 6) is -1.53. The lowest BCUT2D eigenvalue weighted by Gasteiger charge is -2.29. The van der Waals surface area contributed by atoms with Gasteiger partial charge in [0.25, 0.3) is 5.91 Å². The van der Waals surface area contributed by atoms with Crippen LogP contribution in [0.5, 0.6) is 5.75 Å². The van der Waals surface area contributed by atoms with Gasteiger partial charge >= 0.3 is 0 Å². The van der Waals surface area contributed by atoms with Crippen LogP contribution in [-0.4, -0.2) is 29.8 Å². The summed E-state index contributed by atoms with van der Waals surface area (Å²) < 4.78 is 46.3. The molecule has 2 heterocycles. The summed E-state index contributed by atoms with van der Waals surface area (Å²) in [6, 6.07) is 26.0. The summed E-state index contributed by atoms with van der Waals surface area (Å²) in [6.07, 6.45) is 0. The van der Waals surface area contributed by atoms with Crippen LogP contribution >= 0.6 is 0 Å². The number of halogens is 3. The summed E-state index contributed by atoms with van der Waals surface area (Å²) in [7, 11) is 0. The minimum Gasteiger partial charge on any atom is -0.482 e. The Morgan fingerprint density at radius 2 is 1.22 bits per heavy atom. The topological polar surface area (TPSA) is 59.5 Å². The molecule has 0 atom stereocenters. The minimum atomic E-state index is -0.464. The molecule has 1 amide bonds. The lowest BCUT2D eigenvalue weighted by atomic mass is 9.99. The van der Waals surface area contributed by atoms with Gasteiger partial charge in [0.1, 0.15) is 23.2 Å². The SMILES string of the molecule is O=C(CN1C(=O)COc2ccc(-c3cc(-c4ccc(F)cc4)cc(-c4ccc(F)cc4)n3)cc21)c1ccc(F)cc1. The van der Waals surface area contributed by atoms with E-state index in [0.717, 1.165) is 11.1 Å². The van der Waals surface area contributed by atoms with E-state index >= 15 is 0 Å². The van der Waals surface area contributed by atoms with Gasteiger partial charge in [0.05, 0.1) is 23.6 Å². The van der Waals surface area contributed by atoms with E-state index in [2.05, 4.69) is 0 Å². The Balaban J connectivity index is 1.42. The average molecular weight is 551 g/mol. The van der Waals surface area contributed by atoms with Crippen LogP contribution in [0.4, 0.5) is 18.9 Å². The van der Waals surface area contributed by atoms with E-state index in [1.54, 1.807) is 42.5 Å². The van der Waals surface area contributed by atoms with Gasteiger partial charge in [-0.15, -0.1) is 0 Å². The van der Waals surface area contributed by atoms with E-state index in [-0.39, 0.29) is 36.1 Å². The van der Waals surface area contributed by atoms with Crippen molar-refractivity contribution >= 4 is 17.4 Å². The zero-order valence-electron chi connectivity index (χ0n) is 21.5. The van der Waals surface area contributed by atoms with Gasteiger partial charge in [0.2, 0.25) is 0 Å². The molecule has 6 rings (SSSR count). The Bertz CT molecular complexity index is 1710. The molecule has 0 aliphatic carbocycles. The van der Waals surface area contributed by atoms with Crippen LogP contribution in [0.2, 0.25) is 0 Å². The molecule has 0 spiro atoms. The van der Waals surface area contributed by atoms with Crippen LogP contribution in [0.3, 0.4) is 0 Å². The highest BCUT2D eigenvalue weighted by Crippen LogP contribution is 2.37. The second kappa shape index (κ2) is 10.7. The van der Waals surface area contributed by atoms with Crippen molar-refractivity contribution in [3.8, 4) is 39.4 Å². The monoisotopic (exact) mass is 550 g/mol. The second-order valence-corrected chi connectivity index (χ2v) is 9.52. The molecule has 0 saturated heterocycles. The number of Topliss-reactive ketones (excluding diaryl/α,β-unsaturated/α-hetero) is 1. The number of hydrogen-bond acceptors (Lipinski definition) is 4. The maximum Gasteiger partial charge on any atom is 0.265 e. The first-order valence-electron chi connectivity index (χ1n) is 12.7. The number of anilines is 1. The van der Waals surface area contributed by atoms with Crippen molar-refractivity contribution in [1.29, 1.82) is 0 Å². The molecular weight excluding hydrogens is 529 g/mol. The smallest absolute Gasteiger partial charge is 0.265 e. The van der Waals surface area contributed by atoms with E-state index in [1.165, 1.54) is 53.4 Å². The fourth-order valence-corrected chi connectivity index (χ4v) is 4.66. The summed E-state index contributed by atoms with van der Waals surface area (Å²) in [5, 5.41) is 0. The number of pyridine rings is 1. The molecule has 0 bridgehead atoms. The predicted molar refractivity (Wildman–Crippen MR) is 149 cm³/mol. The van der Waals surface area contributed by atoms with E-state index < -0.39 is 11.7 Å². The summed E-state index contributed by atoms with van der Waals surface area (Å²) in [4.78, 5) is 32.0. The molecule has 5 aromatic rings. The van der Waals surface area contributed by atoms with E-state index in [9.17, 15) is 22.8 Å². The van der Waals surface area contributed by atoms with Crippen molar-refractivity contribution in [2.45, 2.75) is 0 Å². The van der Waals surface area contributed by atoms with Crippen LogP contribution in [0, 0.1) is 17.5 Å². The Hall–Kier alpha value is -5.24. The summed E-state index contributed by atoms with van der Waals surface area (Å²) >= 11 is 0. The number of fused-ring (bicyclic) bond motifs is 1. The highest BCUT2D eigenvalue weighted by atomic mass is 19.1. The third-order valence-electron chi connectivity index (χ3n) is 6.81. The number of ketones is 1. The van der Waals surface area contributed by atoms with Crippen molar-refractivity contribution in [3.05, 3.63) is 126 Å². The van der Waals surface area contributed by atoms with Crippen molar-refractivity contribution < 1.29 is 27.5 Å². The number of nitrogens with zero attached hydrogens (tertiary/aromatic N) is 2. The third-order valence-corrected chi connectivity index (χ3v) is 6.81. The summed E-state index contributed by atoms with van der Waals surface area (Å²) in [6.45, 7) is -0.482. The molecule has 0 radical (unpaired) electrons. The van der Waals surface area contributed by atoms with Gasteiger partial charge < -0.3 is 4.74 Å². The molecule has 8 heteroatoms. The quantitative estimate of drug-likeness (QED) is 0.212. The number of hydrogen-bond donors (Lipinski definition) is 0. The van der Waals surface area contributed by atoms with Crippen molar-refractivity contribution in [2.24, 2.45) is 0 Å². The fourth-order valence-electron chi connectivity index (χ4n) is 4.66. The standard InChI is InChI=1S/C33H21F3N2O3/c34-25-8-1-20(2-9-25)24-15-28(21-3-10-26(35)11-4-21)37-29(16-24)23-7-14-32-30(17-23)38(33(40)19-41-32)18-31(39)22-5-12-27(36)13-6-22/h1-17H,18-19H2. The van der Waals surface area contributed by atoms with Crippen LogP contribution in [0.15, 0.2) is 103 Å². The fraction of sp³-hybridized carbons (Fsp3) is 0.0606. The number of benzene rings is 4. The van der Waals surface area contributed by atoms with Gasteiger partial charge in [-0.2, -0.15) is 0 Å². The number of amides is 1. The molecule has 41 heavy (non-hydrogen) atoms. The molecule has 1 aromatic heterocycles. The Morgan fingerprint density at radius 1 is 0.683 bits per heavy atom. The molecule has 4 aromatic carbocycles. The zero-order valence-corrected chi connectivity index (χ0v) is 21.5.